The molecule has 1 heterocycles. The standard InChI is InChI=1S/C20H21FN4O3/c1-24(12-14-10-15(21)8-9-16(14)28-2)17-18(22)25(20(27)23-19(17)26)11-13-6-4-3-5-7-13/h3-10H,11-12,22H2,1-2H3,(H,23,26,27). The van der Waals surface area contributed by atoms with Crippen molar-refractivity contribution in [1.82, 2.24) is 9.55 Å². The second-order valence-electron chi connectivity index (χ2n) is 6.38. The molecule has 0 bridgehead atoms. The second kappa shape index (κ2) is 7.99. The number of aromatic amines is 1. The number of hydrogen-bond acceptors (Lipinski definition) is 5. The van der Waals surface area contributed by atoms with Gasteiger partial charge in [0, 0.05) is 19.2 Å². The van der Waals surface area contributed by atoms with E-state index in [1.165, 1.54) is 29.9 Å². The maximum absolute atomic E-state index is 13.6. The van der Waals surface area contributed by atoms with Crippen LogP contribution in [0.3, 0.4) is 0 Å². The van der Waals surface area contributed by atoms with Crippen LogP contribution in [-0.2, 0) is 13.1 Å². The van der Waals surface area contributed by atoms with Gasteiger partial charge in [-0.2, -0.15) is 0 Å². The topological polar surface area (TPSA) is 93.3 Å². The van der Waals surface area contributed by atoms with E-state index in [0.717, 1.165) is 5.56 Å². The third-order valence-corrected chi connectivity index (χ3v) is 4.43. The molecule has 3 aromatic rings. The van der Waals surface area contributed by atoms with Crippen LogP contribution in [0, 0.1) is 5.82 Å². The Kier molecular flexibility index (Phi) is 5.49. The van der Waals surface area contributed by atoms with Crippen molar-refractivity contribution in [2.75, 3.05) is 24.8 Å². The van der Waals surface area contributed by atoms with Crippen molar-refractivity contribution in [1.29, 1.82) is 0 Å². The molecule has 28 heavy (non-hydrogen) atoms. The lowest BCUT2D eigenvalue weighted by Gasteiger charge is -2.23. The molecule has 0 saturated heterocycles. The predicted molar refractivity (Wildman–Crippen MR) is 106 cm³/mol. The van der Waals surface area contributed by atoms with Crippen LogP contribution in [0.4, 0.5) is 15.9 Å². The van der Waals surface area contributed by atoms with Crippen LogP contribution in [0.2, 0.25) is 0 Å². The number of nitrogens with two attached hydrogens (primary N) is 1. The molecule has 0 spiro atoms. The van der Waals surface area contributed by atoms with Crippen molar-refractivity contribution in [3.05, 3.63) is 86.3 Å². The van der Waals surface area contributed by atoms with Gasteiger partial charge >= 0.3 is 5.69 Å². The highest BCUT2D eigenvalue weighted by Gasteiger charge is 2.18. The van der Waals surface area contributed by atoms with Crippen LogP contribution in [-0.4, -0.2) is 23.7 Å². The number of methoxy groups -OCH3 is 1. The molecule has 0 aliphatic rings. The van der Waals surface area contributed by atoms with Crippen molar-refractivity contribution in [2.45, 2.75) is 13.1 Å². The maximum atomic E-state index is 13.6. The van der Waals surface area contributed by atoms with E-state index in [2.05, 4.69) is 4.98 Å². The number of rotatable bonds is 6. The van der Waals surface area contributed by atoms with Crippen molar-refractivity contribution in [3.8, 4) is 5.75 Å². The average Bonchev–Trinajstić information content (AvgIpc) is 2.66. The molecule has 0 saturated carbocycles. The first-order valence-corrected chi connectivity index (χ1v) is 8.60. The first-order chi connectivity index (χ1) is 13.4. The smallest absolute Gasteiger partial charge is 0.330 e. The van der Waals surface area contributed by atoms with Crippen LogP contribution >= 0.6 is 0 Å². The molecule has 8 heteroatoms. The highest BCUT2D eigenvalue weighted by Crippen LogP contribution is 2.24. The summed E-state index contributed by atoms with van der Waals surface area (Å²) in [6.07, 6.45) is 0. The third kappa shape index (κ3) is 3.90. The van der Waals surface area contributed by atoms with Gasteiger partial charge in [-0.25, -0.2) is 9.18 Å². The molecule has 0 atom stereocenters. The minimum atomic E-state index is -0.607. The molecule has 0 aliphatic heterocycles. The van der Waals surface area contributed by atoms with Gasteiger partial charge in [0.25, 0.3) is 5.56 Å². The molecular formula is C20H21FN4O3. The van der Waals surface area contributed by atoms with Crippen molar-refractivity contribution in [2.24, 2.45) is 0 Å². The number of nitrogens with zero attached hydrogens (tertiary/aromatic N) is 2. The SMILES string of the molecule is COc1ccc(F)cc1CN(C)c1c(N)n(Cc2ccccc2)c(=O)[nH]c1=O. The first kappa shape index (κ1) is 19.2. The Morgan fingerprint density at radius 2 is 1.89 bits per heavy atom. The zero-order chi connectivity index (χ0) is 20.3. The van der Waals surface area contributed by atoms with Gasteiger partial charge in [-0.3, -0.25) is 14.3 Å². The van der Waals surface area contributed by atoms with Crippen molar-refractivity contribution >= 4 is 11.5 Å². The van der Waals surface area contributed by atoms with Gasteiger partial charge in [-0.15, -0.1) is 0 Å². The van der Waals surface area contributed by atoms with E-state index in [0.29, 0.717) is 11.3 Å². The number of aromatic nitrogens is 2. The highest BCUT2D eigenvalue weighted by atomic mass is 19.1. The monoisotopic (exact) mass is 384 g/mol. The number of ether oxygens (including phenoxy) is 1. The highest BCUT2D eigenvalue weighted by molar-refractivity contribution is 5.62. The quantitative estimate of drug-likeness (QED) is 0.678. The molecule has 0 unspecified atom stereocenters. The number of nitrogen functional groups attached to an aromatic ring is 1. The van der Waals surface area contributed by atoms with E-state index in [4.69, 9.17) is 10.5 Å². The lowest BCUT2D eigenvalue weighted by atomic mass is 10.1. The van der Waals surface area contributed by atoms with Gasteiger partial charge in [-0.1, -0.05) is 30.3 Å². The van der Waals surface area contributed by atoms with E-state index < -0.39 is 17.1 Å². The summed E-state index contributed by atoms with van der Waals surface area (Å²) in [6.45, 7) is 0.379. The normalized spacial score (nSPS) is 10.7. The minimum Gasteiger partial charge on any atom is -0.496 e. The van der Waals surface area contributed by atoms with Gasteiger partial charge in [0.05, 0.1) is 13.7 Å². The molecule has 146 valence electrons. The summed E-state index contributed by atoms with van der Waals surface area (Å²) in [5, 5.41) is 0. The second-order valence-corrected chi connectivity index (χ2v) is 6.38. The molecule has 0 amide bonds. The zero-order valence-electron chi connectivity index (χ0n) is 15.6. The molecule has 0 radical (unpaired) electrons. The van der Waals surface area contributed by atoms with Gasteiger partial charge in [-0.05, 0) is 23.8 Å². The number of H-pyrrole nitrogens is 1. The molecule has 7 nitrogen and oxygen atoms in total. The Balaban J connectivity index is 2.00. The molecular weight excluding hydrogens is 363 g/mol. The van der Waals surface area contributed by atoms with Gasteiger partial charge < -0.3 is 15.4 Å². The van der Waals surface area contributed by atoms with E-state index in [1.807, 2.05) is 30.3 Å². The van der Waals surface area contributed by atoms with Crippen LogP contribution in [0.15, 0.2) is 58.1 Å². The molecule has 3 N–H and O–H groups in total. The Morgan fingerprint density at radius 3 is 2.57 bits per heavy atom. The average molecular weight is 384 g/mol. The van der Waals surface area contributed by atoms with Crippen LogP contribution < -0.4 is 26.6 Å². The number of hydrogen-bond donors (Lipinski definition) is 2. The summed E-state index contributed by atoms with van der Waals surface area (Å²) >= 11 is 0. The van der Waals surface area contributed by atoms with Gasteiger partial charge in [0.2, 0.25) is 0 Å². The van der Waals surface area contributed by atoms with Crippen LogP contribution in [0.25, 0.3) is 0 Å². The summed E-state index contributed by atoms with van der Waals surface area (Å²) in [5.41, 5.74) is 6.52. The summed E-state index contributed by atoms with van der Waals surface area (Å²) < 4.78 is 20.2. The zero-order valence-corrected chi connectivity index (χ0v) is 15.6. The van der Waals surface area contributed by atoms with E-state index >= 15 is 0 Å². The maximum Gasteiger partial charge on any atom is 0.330 e. The van der Waals surface area contributed by atoms with Gasteiger partial charge in [0.15, 0.2) is 0 Å². The van der Waals surface area contributed by atoms with Crippen LogP contribution in [0.1, 0.15) is 11.1 Å². The summed E-state index contributed by atoms with van der Waals surface area (Å²) in [6, 6.07) is 13.4. The largest absolute Gasteiger partial charge is 0.496 e. The lowest BCUT2D eigenvalue weighted by molar-refractivity contribution is 0.408. The molecule has 2 aromatic carbocycles. The Labute approximate surface area is 160 Å². The molecule has 1 aromatic heterocycles. The number of nitrogens with one attached hydrogen (secondary N) is 1. The van der Waals surface area contributed by atoms with Crippen molar-refractivity contribution < 1.29 is 9.13 Å². The Bertz CT molecular complexity index is 1090. The summed E-state index contributed by atoms with van der Waals surface area (Å²) in [4.78, 5) is 28.6. The Hall–Kier alpha value is -3.55. The first-order valence-electron chi connectivity index (χ1n) is 8.60. The summed E-state index contributed by atoms with van der Waals surface area (Å²) in [5.74, 6) is 0.108. The fourth-order valence-corrected chi connectivity index (χ4v) is 3.07. The predicted octanol–water partition coefficient (Wildman–Crippen LogP) is 1.95. The van der Waals surface area contributed by atoms with E-state index in [9.17, 15) is 14.0 Å². The molecule has 0 fully saturated rings. The van der Waals surface area contributed by atoms with E-state index in [-0.39, 0.29) is 24.6 Å². The number of anilines is 2. The Morgan fingerprint density at radius 1 is 1.18 bits per heavy atom. The van der Waals surface area contributed by atoms with E-state index in [1.54, 1.807) is 11.9 Å². The number of benzene rings is 2. The third-order valence-electron chi connectivity index (χ3n) is 4.43. The molecule has 3 rings (SSSR count). The fourth-order valence-electron chi connectivity index (χ4n) is 3.07. The van der Waals surface area contributed by atoms with Gasteiger partial charge in [0.1, 0.15) is 23.1 Å². The van der Waals surface area contributed by atoms with Crippen molar-refractivity contribution in [3.63, 3.8) is 0 Å². The fraction of sp³-hybridized carbons (Fsp3) is 0.200. The lowest BCUT2D eigenvalue weighted by Crippen LogP contribution is -2.37. The summed E-state index contributed by atoms with van der Waals surface area (Å²) in [7, 11) is 3.13. The molecule has 0 aliphatic carbocycles. The van der Waals surface area contributed by atoms with Crippen LogP contribution in [0.5, 0.6) is 5.75 Å². The number of halogens is 1. The minimum absolute atomic E-state index is 0.0375.